The van der Waals surface area contributed by atoms with Crippen LogP contribution in [0.15, 0.2) is 0 Å². The Morgan fingerprint density at radius 1 is 1.15 bits per heavy atom. The Morgan fingerprint density at radius 3 is 2.31 bits per heavy atom. The molecule has 0 bridgehead atoms. The standard InChI is InChI=1S/C17H30O5.CHBOS/c1-4-7-9-13(8-5-2)12-20-16(18)11-10-15-14(6-3)21-17(19)22-15;2-1(3)4/h13-15H,4-12H2,1-3H3;(H,3,4). The first-order chi connectivity index (χ1) is 12.3. The molecule has 0 aromatic rings. The van der Waals surface area contributed by atoms with Gasteiger partial charge < -0.3 is 19.0 Å². The molecule has 3 atom stereocenters. The molecule has 26 heavy (non-hydrogen) atoms. The van der Waals surface area contributed by atoms with Gasteiger partial charge in [-0.1, -0.05) is 40.0 Å². The minimum absolute atomic E-state index is 0.213. The van der Waals surface area contributed by atoms with Crippen molar-refractivity contribution in [1.29, 1.82) is 0 Å². The van der Waals surface area contributed by atoms with Gasteiger partial charge in [0.25, 0.3) is 0 Å². The molecule has 6 nitrogen and oxygen atoms in total. The second-order valence-corrected chi connectivity index (χ2v) is 6.77. The van der Waals surface area contributed by atoms with Crippen molar-refractivity contribution in [2.24, 2.45) is 5.92 Å². The van der Waals surface area contributed by atoms with Gasteiger partial charge in [0.05, 0.1) is 6.61 Å². The van der Waals surface area contributed by atoms with E-state index in [-0.39, 0.29) is 24.6 Å². The summed E-state index contributed by atoms with van der Waals surface area (Å²) in [6.45, 7) is 6.76. The van der Waals surface area contributed by atoms with Gasteiger partial charge in [-0.15, -0.1) is 12.6 Å². The quantitative estimate of drug-likeness (QED) is 0.321. The molecule has 0 aromatic heterocycles. The van der Waals surface area contributed by atoms with E-state index in [4.69, 9.17) is 19.0 Å². The maximum Gasteiger partial charge on any atom is 0.509 e. The van der Waals surface area contributed by atoms with Crippen molar-refractivity contribution in [3.8, 4) is 0 Å². The highest BCUT2D eigenvalue weighted by molar-refractivity contribution is 8.00. The lowest BCUT2D eigenvalue weighted by atomic mass is 9.98. The number of ether oxygens (including phenoxy) is 3. The van der Waals surface area contributed by atoms with Crippen LogP contribution in [-0.2, 0) is 19.0 Å². The Kier molecular flexibility index (Phi) is 14.3. The monoisotopic (exact) mass is 386 g/mol. The van der Waals surface area contributed by atoms with E-state index in [9.17, 15) is 9.59 Å². The maximum absolute atomic E-state index is 11.9. The summed E-state index contributed by atoms with van der Waals surface area (Å²) in [6.07, 6.45) is 5.90. The molecule has 1 fully saturated rings. The van der Waals surface area contributed by atoms with Gasteiger partial charge in [-0.05, 0) is 31.6 Å². The van der Waals surface area contributed by atoms with Gasteiger partial charge in [-0.3, -0.25) is 4.79 Å². The van der Waals surface area contributed by atoms with Crippen LogP contribution in [0.4, 0.5) is 9.59 Å². The van der Waals surface area contributed by atoms with Crippen molar-refractivity contribution in [1.82, 2.24) is 0 Å². The van der Waals surface area contributed by atoms with E-state index in [2.05, 4.69) is 34.3 Å². The number of carbonyl (C=O) groups is 3. The van der Waals surface area contributed by atoms with Gasteiger partial charge in [-0.25, -0.2) is 4.79 Å². The van der Waals surface area contributed by atoms with Gasteiger partial charge in [0.2, 0.25) is 0 Å². The highest BCUT2D eigenvalue weighted by atomic mass is 32.1. The van der Waals surface area contributed by atoms with Gasteiger partial charge in [0.15, 0.2) is 7.85 Å². The van der Waals surface area contributed by atoms with Gasteiger partial charge in [0.1, 0.15) is 17.2 Å². The minimum Gasteiger partial charge on any atom is -0.465 e. The fourth-order valence-corrected chi connectivity index (χ4v) is 2.77. The second-order valence-electron chi connectivity index (χ2n) is 6.33. The largest absolute Gasteiger partial charge is 0.509 e. The summed E-state index contributed by atoms with van der Waals surface area (Å²) in [5.74, 6) is 0.250. The molecule has 0 spiro atoms. The van der Waals surface area contributed by atoms with E-state index >= 15 is 0 Å². The lowest BCUT2D eigenvalue weighted by Gasteiger charge is -2.17. The van der Waals surface area contributed by atoms with E-state index in [0.29, 0.717) is 25.4 Å². The predicted octanol–water partition coefficient (Wildman–Crippen LogP) is 4.44. The normalized spacial score (nSPS) is 19.6. The Bertz CT molecular complexity index is 428. The van der Waals surface area contributed by atoms with Gasteiger partial charge in [0, 0.05) is 6.42 Å². The fraction of sp³-hybridized carbons (Fsp3) is 0.833. The van der Waals surface area contributed by atoms with E-state index in [1.165, 1.54) is 12.8 Å². The molecule has 148 valence electrons. The summed E-state index contributed by atoms with van der Waals surface area (Å²) < 4.78 is 15.5. The number of esters is 1. The van der Waals surface area contributed by atoms with Crippen molar-refractivity contribution in [2.75, 3.05) is 6.61 Å². The SMILES string of the molecule is CCCCC(CCC)COC(=O)CCC1OC(=O)OC1CC.[B]C(=O)S. The van der Waals surface area contributed by atoms with Crippen LogP contribution < -0.4 is 0 Å². The number of hydrogen-bond acceptors (Lipinski definition) is 6. The molecule has 0 N–H and O–H groups in total. The van der Waals surface area contributed by atoms with E-state index in [1.54, 1.807) is 0 Å². The summed E-state index contributed by atoms with van der Waals surface area (Å²) in [5, 5.41) is -0.639. The maximum atomic E-state index is 11.9. The van der Waals surface area contributed by atoms with Crippen LogP contribution in [0.3, 0.4) is 0 Å². The van der Waals surface area contributed by atoms with Crippen molar-refractivity contribution >= 4 is 37.6 Å². The topological polar surface area (TPSA) is 78.9 Å². The Balaban J connectivity index is 0.00000141. The first kappa shape index (κ1) is 24.8. The van der Waals surface area contributed by atoms with Crippen LogP contribution in [0, 0.1) is 5.92 Å². The molecule has 1 aliphatic rings. The third kappa shape index (κ3) is 12.2. The number of thiol groups is 1. The fourth-order valence-electron chi connectivity index (χ4n) is 2.77. The zero-order valence-electron chi connectivity index (χ0n) is 16.1. The van der Waals surface area contributed by atoms with Crippen molar-refractivity contribution in [2.45, 2.75) is 84.3 Å². The van der Waals surface area contributed by atoms with Gasteiger partial charge in [-0.2, -0.15) is 0 Å². The summed E-state index contributed by atoms with van der Waals surface area (Å²) in [5.41, 5.74) is 0. The molecular formula is C18H31BO6S. The summed E-state index contributed by atoms with van der Waals surface area (Å²) in [7, 11) is 4.34. The molecule has 1 rings (SSSR count). The summed E-state index contributed by atoms with van der Waals surface area (Å²) in [4.78, 5) is 32.0. The lowest BCUT2D eigenvalue weighted by molar-refractivity contribution is -0.145. The third-order valence-corrected chi connectivity index (χ3v) is 4.09. The summed E-state index contributed by atoms with van der Waals surface area (Å²) >= 11 is 3.10. The van der Waals surface area contributed by atoms with Gasteiger partial charge >= 0.3 is 12.1 Å². The van der Waals surface area contributed by atoms with Crippen molar-refractivity contribution in [3.05, 3.63) is 0 Å². The molecule has 0 aromatic carbocycles. The van der Waals surface area contributed by atoms with Crippen molar-refractivity contribution in [3.63, 3.8) is 0 Å². The second kappa shape index (κ2) is 14.9. The zero-order chi connectivity index (χ0) is 19.9. The number of unbranched alkanes of at least 4 members (excludes halogenated alkanes) is 1. The molecule has 1 heterocycles. The van der Waals surface area contributed by atoms with Crippen molar-refractivity contribution < 1.29 is 28.6 Å². The van der Waals surface area contributed by atoms with E-state index < -0.39 is 11.2 Å². The molecule has 1 saturated heterocycles. The molecule has 0 saturated carbocycles. The number of cyclic esters (lactones) is 2. The predicted molar refractivity (Wildman–Crippen MR) is 104 cm³/mol. The number of carbonyl (C=O) groups excluding carboxylic acids is 3. The molecule has 0 amide bonds. The van der Waals surface area contributed by atoms with Crippen LogP contribution in [0.1, 0.15) is 72.1 Å². The average Bonchev–Trinajstić information content (AvgIpc) is 2.95. The zero-order valence-corrected chi connectivity index (χ0v) is 17.0. The molecule has 1 aliphatic heterocycles. The van der Waals surface area contributed by atoms with E-state index in [0.717, 1.165) is 19.3 Å². The lowest BCUT2D eigenvalue weighted by Crippen LogP contribution is -2.23. The summed E-state index contributed by atoms with van der Waals surface area (Å²) in [6, 6.07) is 0. The minimum atomic E-state index is -0.639. The van der Waals surface area contributed by atoms with Crippen LogP contribution in [-0.4, -0.2) is 43.8 Å². The molecule has 0 aliphatic carbocycles. The van der Waals surface area contributed by atoms with Crippen LogP contribution in [0.5, 0.6) is 0 Å². The number of hydrogen-bond donors (Lipinski definition) is 1. The van der Waals surface area contributed by atoms with Crippen LogP contribution in [0.25, 0.3) is 0 Å². The smallest absolute Gasteiger partial charge is 0.465 e. The highest BCUT2D eigenvalue weighted by Gasteiger charge is 2.35. The third-order valence-electron chi connectivity index (χ3n) is 4.09. The highest BCUT2D eigenvalue weighted by Crippen LogP contribution is 2.22. The first-order valence-electron chi connectivity index (χ1n) is 9.35. The molecule has 8 heteroatoms. The number of rotatable bonds is 11. The molecular weight excluding hydrogens is 355 g/mol. The molecule has 2 radical (unpaired) electrons. The van der Waals surface area contributed by atoms with E-state index in [1.807, 2.05) is 6.92 Å². The average molecular weight is 386 g/mol. The van der Waals surface area contributed by atoms with Crippen LogP contribution >= 0.6 is 12.6 Å². The first-order valence-corrected chi connectivity index (χ1v) is 9.79. The van der Waals surface area contributed by atoms with Crippen LogP contribution in [0.2, 0.25) is 0 Å². The Morgan fingerprint density at radius 2 is 1.77 bits per heavy atom. The Hall–Kier alpha value is -1.18. The Labute approximate surface area is 163 Å². The molecule has 3 unspecified atom stereocenters.